The van der Waals surface area contributed by atoms with Gasteiger partial charge in [-0.3, -0.25) is 9.88 Å². The number of aromatic nitrogens is 1. The lowest BCUT2D eigenvalue weighted by Gasteiger charge is -2.34. The SMILES string of the molecule is CCNC1C(CN(CC)Cc2ccccn2)CCC1(C)C. The Morgan fingerprint density at radius 2 is 2.14 bits per heavy atom. The fourth-order valence-electron chi connectivity index (χ4n) is 3.74. The summed E-state index contributed by atoms with van der Waals surface area (Å²) in [6.07, 6.45) is 4.56. The van der Waals surface area contributed by atoms with Crippen LogP contribution in [0.15, 0.2) is 24.4 Å². The van der Waals surface area contributed by atoms with E-state index in [-0.39, 0.29) is 0 Å². The lowest BCUT2D eigenvalue weighted by Crippen LogP contribution is -2.45. The summed E-state index contributed by atoms with van der Waals surface area (Å²) >= 11 is 0. The molecule has 2 atom stereocenters. The zero-order valence-electron chi connectivity index (χ0n) is 14.1. The average molecular weight is 289 g/mol. The molecule has 3 heteroatoms. The van der Waals surface area contributed by atoms with E-state index in [9.17, 15) is 0 Å². The van der Waals surface area contributed by atoms with E-state index in [4.69, 9.17) is 0 Å². The van der Waals surface area contributed by atoms with Crippen molar-refractivity contribution in [1.29, 1.82) is 0 Å². The van der Waals surface area contributed by atoms with Crippen molar-refractivity contribution in [2.75, 3.05) is 19.6 Å². The maximum Gasteiger partial charge on any atom is 0.0543 e. The summed E-state index contributed by atoms with van der Waals surface area (Å²) in [5, 5.41) is 3.74. The molecule has 1 aliphatic carbocycles. The summed E-state index contributed by atoms with van der Waals surface area (Å²) < 4.78 is 0. The Hall–Kier alpha value is -0.930. The zero-order chi connectivity index (χ0) is 15.3. The van der Waals surface area contributed by atoms with Gasteiger partial charge in [-0.25, -0.2) is 0 Å². The van der Waals surface area contributed by atoms with Crippen LogP contribution >= 0.6 is 0 Å². The molecule has 0 radical (unpaired) electrons. The molecular weight excluding hydrogens is 258 g/mol. The van der Waals surface area contributed by atoms with Crippen LogP contribution in [0.4, 0.5) is 0 Å². The molecule has 1 aromatic heterocycles. The molecule has 1 heterocycles. The lowest BCUT2D eigenvalue weighted by atomic mass is 9.84. The van der Waals surface area contributed by atoms with E-state index in [0.717, 1.165) is 25.6 Å². The highest BCUT2D eigenvalue weighted by Crippen LogP contribution is 2.41. The van der Waals surface area contributed by atoms with Gasteiger partial charge in [-0.15, -0.1) is 0 Å². The van der Waals surface area contributed by atoms with Crippen LogP contribution in [0.25, 0.3) is 0 Å². The molecule has 3 nitrogen and oxygen atoms in total. The van der Waals surface area contributed by atoms with Crippen LogP contribution in [0.2, 0.25) is 0 Å². The average Bonchev–Trinajstić information content (AvgIpc) is 2.75. The molecular formula is C18H31N3. The number of hydrogen-bond donors (Lipinski definition) is 1. The quantitative estimate of drug-likeness (QED) is 0.834. The molecule has 21 heavy (non-hydrogen) atoms. The molecule has 0 bridgehead atoms. The van der Waals surface area contributed by atoms with Crippen molar-refractivity contribution in [3.05, 3.63) is 30.1 Å². The molecule has 1 aliphatic rings. The number of nitrogens with zero attached hydrogens (tertiary/aromatic N) is 2. The van der Waals surface area contributed by atoms with E-state index in [2.05, 4.69) is 55.0 Å². The first-order chi connectivity index (χ1) is 10.1. The van der Waals surface area contributed by atoms with E-state index in [1.165, 1.54) is 25.1 Å². The Kier molecular flexibility index (Phi) is 5.77. The lowest BCUT2D eigenvalue weighted by molar-refractivity contribution is 0.184. The Bertz CT molecular complexity index is 416. The molecule has 1 fully saturated rings. The van der Waals surface area contributed by atoms with E-state index < -0.39 is 0 Å². The van der Waals surface area contributed by atoms with Crippen molar-refractivity contribution in [1.82, 2.24) is 15.2 Å². The fourth-order valence-corrected chi connectivity index (χ4v) is 3.74. The van der Waals surface area contributed by atoms with E-state index in [1.54, 1.807) is 0 Å². The second kappa shape index (κ2) is 7.37. The highest BCUT2D eigenvalue weighted by molar-refractivity contribution is 5.04. The first-order valence-corrected chi connectivity index (χ1v) is 8.42. The summed E-state index contributed by atoms with van der Waals surface area (Å²) in [7, 11) is 0. The molecule has 1 N–H and O–H groups in total. The molecule has 2 unspecified atom stereocenters. The fraction of sp³-hybridized carbons (Fsp3) is 0.722. The van der Waals surface area contributed by atoms with Crippen molar-refractivity contribution in [3.8, 4) is 0 Å². The smallest absolute Gasteiger partial charge is 0.0543 e. The highest BCUT2D eigenvalue weighted by Gasteiger charge is 2.41. The van der Waals surface area contributed by atoms with Gasteiger partial charge in [0.1, 0.15) is 0 Å². The van der Waals surface area contributed by atoms with Crippen LogP contribution in [0, 0.1) is 11.3 Å². The van der Waals surface area contributed by atoms with Gasteiger partial charge in [-0.2, -0.15) is 0 Å². The Morgan fingerprint density at radius 1 is 1.33 bits per heavy atom. The summed E-state index contributed by atoms with van der Waals surface area (Å²) in [6.45, 7) is 13.6. The maximum absolute atomic E-state index is 4.47. The predicted molar refractivity (Wildman–Crippen MR) is 89.2 cm³/mol. The van der Waals surface area contributed by atoms with Crippen LogP contribution in [0.3, 0.4) is 0 Å². The van der Waals surface area contributed by atoms with Gasteiger partial charge in [-0.05, 0) is 49.4 Å². The summed E-state index contributed by atoms with van der Waals surface area (Å²) in [5.74, 6) is 0.753. The monoisotopic (exact) mass is 289 g/mol. The second-order valence-corrected chi connectivity index (χ2v) is 6.97. The second-order valence-electron chi connectivity index (χ2n) is 6.97. The van der Waals surface area contributed by atoms with Gasteiger partial charge in [0, 0.05) is 25.3 Å². The molecule has 0 saturated heterocycles. The van der Waals surface area contributed by atoms with Crippen molar-refractivity contribution in [2.45, 2.75) is 53.1 Å². The molecule has 1 saturated carbocycles. The molecule has 0 aliphatic heterocycles. The number of rotatable bonds is 7. The van der Waals surface area contributed by atoms with Gasteiger partial charge in [0.25, 0.3) is 0 Å². The van der Waals surface area contributed by atoms with Crippen LogP contribution in [0.5, 0.6) is 0 Å². The minimum Gasteiger partial charge on any atom is -0.313 e. The van der Waals surface area contributed by atoms with Gasteiger partial charge < -0.3 is 5.32 Å². The molecule has 0 spiro atoms. The number of nitrogens with one attached hydrogen (secondary N) is 1. The third kappa shape index (κ3) is 4.27. The van der Waals surface area contributed by atoms with Crippen LogP contribution in [-0.4, -0.2) is 35.6 Å². The summed E-state index contributed by atoms with van der Waals surface area (Å²) in [5.41, 5.74) is 1.60. The van der Waals surface area contributed by atoms with Crippen molar-refractivity contribution in [2.24, 2.45) is 11.3 Å². The summed E-state index contributed by atoms with van der Waals surface area (Å²) in [6, 6.07) is 6.83. The minimum absolute atomic E-state index is 0.422. The van der Waals surface area contributed by atoms with Gasteiger partial charge in [0.05, 0.1) is 5.69 Å². The van der Waals surface area contributed by atoms with Crippen LogP contribution in [-0.2, 0) is 6.54 Å². The largest absolute Gasteiger partial charge is 0.313 e. The first-order valence-electron chi connectivity index (χ1n) is 8.42. The molecule has 0 aromatic carbocycles. The molecule has 1 aromatic rings. The molecule has 118 valence electrons. The normalized spacial score (nSPS) is 24.6. The van der Waals surface area contributed by atoms with Gasteiger partial charge in [-0.1, -0.05) is 33.8 Å². The van der Waals surface area contributed by atoms with Crippen molar-refractivity contribution < 1.29 is 0 Å². The third-order valence-corrected chi connectivity index (χ3v) is 4.95. The van der Waals surface area contributed by atoms with Gasteiger partial charge >= 0.3 is 0 Å². The molecule has 0 amide bonds. The Balaban J connectivity index is 1.97. The van der Waals surface area contributed by atoms with Gasteiger partial charge in [0.15, 0.2) is 0 Å². The first kappa shape index (κ1) is 16.4. The predicted octanol–water partition coefficient (Wildman–Crippen LogP) is 3.32. The van der Waals surface area contributed by atoms with E-state index >= 15 is 0 Å². The maximum atomic E-state index is 4.47. The Morgan fingerprint density at radius 3 is 2.76 bits per heavy atom. The van der Waals surface area contributed by atoms with Crippen molar-refractivity contribution in [3.63, 3.8) is 0 Å². The van der Waals surface area contributed by atoms with E-state index in [0.29, 0.717) is 11.5 Å². The standard InChI is InChI=1S/C18H31N3/c1-5-19-17-15(10-11-18(17,3)4)13-21(6-2)14-16-9-7-8-12-20-16/h7-9,12,15,17,19H,5-6,10-11,13-14H2,1-4H3. The van der Waals surface area contributed by atoms with Crippen molar-refractivity contribution >= 4 is 0 Å². The van der Waals surface area contributed by atoms with Gasteiger partial charge in [0.2, 0.25) is 0 Å². The minimum atomic E-state index is 0.422. The summed E-state index contributed by atoms with van der Waals surface area (Å²) in [4.78, 5) is 7.01. The van der Waals surface area contributed by atoms with Crippen LogP contribution < -0.4 is 5.32 Å². The zero-order valence-corrected chi connectivity index (χ0v) is 14.1. The Labute approximate surface area is 130 Å². The van der Waals surface area contributed by atoms with E-state index in [1.807, 2.05) is 12.3 Å². The molecule has 2 rings (SSSR count). The van der Waals surface area contributed by atoms with Crippen LogP contribution in [0.1, 0.15) is 46.2 Å². The highest BCUT2D eigenvalue weighted by atomic mass is 15.1. The topological polar surface area (TPSA) is 28.2 Å². The number of pyridine rings is 1. The number of hydrogen-bond acceptors (Lipinski definition) is 3. The third-order valence-electron chi connectivity index (χ3n) is 4.95.